The summed E-state index contributed by atoms with van der Waals surface area (Å²) in [7, 11) is 0. The van der Waals surface area contributed by atoms with Gasteiger partial charge in [0.05, 0.1) is 10.5 Å². The molecule has 116 valence electrons. The van der Waals surface area contributed by atoms with Crippen LogP contribution in [0.25, 0.3) is 0 Å². The first-order valence-electron chi connectivity index (χ1n) is 7.03. The fraction of sp³-hybridized carbons (Fsp3) is 0.571. The van der Waals surface area contributed by atoms with Gasteiger partial charge in [-0.1, -0.05) is 38.3 Å². The molecule has 0 atom stereocenters. The Balaban J connectivity index is 3.04. The fourth-order valence-corrected chi connectivity index (χ4v) is 2.26. The van der Waals surface area contributed by atoms with Crippen molar-refractivity contribution in [3.8, 4) is 0 Å². The Bertz CT molecular complexity index is 518. The van der Waals surface area contributed by atoms with Crippen molar-refractivity contribution < 1.29 is 9.72 Å². The molecule has 0 aliphatic rings. The second-order valence-corrected chi connectivity index (χ2v) is 5.17. The number of rotatable bonds is 7. The molecule has 1 aromatic rings. The van der Waals surface area contributed by atoms with Gasteiger partial charge in [-0.25, -0.2) is 4.98 Å². The lowest BCUT2D eigenvalue weighted by molar-refractivity contribution is -0.385. The van der Waals surface area contributed by atoms with Crippen LogP contribution in [-0.4, -0.2) is 33.8 Å². The van der Waals surface area contributed by atoms with Crippen LogP contribution in [0.5, 0.6) is 0 Å². The van der Waals surface area contributed by atoms with E-state index >= 15 is 0 Å². The topological polar surface area (TPSA) is 76.3 Å². The summed E-state index contributed by atoms with van der Waals surface area (Å²) in [4.78, 5) is 28.1. The number of pyridine rings is 1. The van der Waals surface area contributed by atoms with Crippen LogP contribution in [0, 0.1) is 16.0 Å². The van der Waals surface area contributed by atoms with E-state index in [1.165, 1.54) is 6.07 Å². The molecule has 1 rings (SSSR count). The smallest absolute Gasteiger partial charge is 0.288 e. The molecule has 0 saturated heterocycles. The van der Waals surface area contributed by atoms with Gasteiger partial charge in [-0.15, -0.1) is 0 Å². The molecule has 7 heteroatoms. The third kappa shape index (κ3) is 4.39. The van der Waals surface area contributed by atoms with Crippen molar-refractivity contribution in [1.29, 1.82) is 0 Å². The molecule has 6 nitrogen and oxygen atoms in total. The first kappa shape index (κ1) is 17.4. The van der Waals surface area contributed by atoms with Crippen molar-refractivity contribution in [3.05, 3.63) is 33.1 Å². The van der Waals surface area contributed by atoms with Crippen LogP contribution in [-0.2, 0) is 0 Å². The van der Waals surface area contributed by atoms with Gasteiger partial charge in [-0.05, 0) is 12.8 Å². The molecule has 1 amide bonds. The van der Waals surface area contributed by atoms with E-state index in [4.69, 9.17) is 11.6 Å². The summed E-state index contributed by atoms with van der Waals surface area (Å²) in [5, 5.41) is 10.8. The normalized spacial score (nSPS) is 10.7. The quantitative estimate of drug-likeness (QED) is 0.438. The average molecular weight is 314 g/mol. The van der Waals surface area contributed by atoms with E-state index in [2.05, 4.69) is 18.8 Å². The van der Waals surface area contributed by atoms with Gasteiger partial charge in [0, 0.05) is 19.2 Å². The summed E-state index contributed by atoms with van der Waals surface area (Å²) in [6.45, 7) is 7.16. The van der Waals surface area contributed by atoms with Gasteiger partial charge < -0.3 is 4.90 Å². The Labute approximate surface area is 129 Å². The second-order valence-electron chi connectivity index (χ2n) is 4.82. The number of carbonyl (C=O) groups excluding carboxylic acids is 1. The van der Waals surface area contributed by atoms with E-state index in [1.807, 2.05) is 6.92 Å². The van der Waals surface area contributed by atoms with Gasteiger partial charge in [0.1, 0.15) is 11.3 Å². The van der Waals surface area contributed by atoms with Gasteiger partial charge in [0.15, 0.2) is 0 Å². The standard InChI is InChI=1S/C14H20ClN3O3/c1-4-10(5-2)9-17(6-3)14(19)12-7-11(18(20)21)8-16-13(12)15/h7-8,10H,4-6,9H2,1-3H3. The summed E-state index contributed by atoms with van der Waals surface area (Å²) in [5.41, 5.74) is -0.153. The van der Waals surface area contributed by atoms with E-state index < -0.39 is 4.92 Å². The molecule has 0 unspecified atom stereocenters. The predicted octanol–water partition coefficient (Wildman–Crippen LogP) is 3.54. The number of hydrogen-bond acceptors (Lipinski definition) is 4. The highest BCUT2D eigenvalue weighted by atomic mass is 35.5. The Kier molecular flexibility index (Phi) is 6.55. The van der Waals surface area contributed by atoms with Gasteiger partial charge in [0.25, 0.3) is 11.6 Å². The summed E-state index contributed by atoms with van der Waals surface area (Å²) in [6, 6.07) is 1.19. The molecule has 1 heterocycles. The highest BCUT2D eigenvalue weighted by molar-refractivity contribution is 6.32. The molecule has 0 radical (unpaired) electrons. The molecule has 0 saturated carbocycles. The van der Waals surface area contributed by atoms with Crippen LogP contribution in [0.15, 0.2) is 12.3 Å². The van der Waals surface area contributed by atoms with Crippen LogP contribution >= 0.6 is 11.6 Å². The third-order valence-corrected chi connectivity index (χ3v) is 3.87. The Morgan fingerprint density at radius 1 is 1.43 bits per heavy atom. The maximum Gasteiger partial charge on any atom is 0.288 e. The number of halogens is 1. The third-order valence-electron chi connectivity index (χ3n) is 3.57. The minimum absolute atomic E-state index is 0.00593. The molecule has 21 heavy (non-hydrogen) atoms. The summed E-state index contributed by atoms with van der Waals surface area (Å²) >= 11 is 5.92. The molecule has 0 aliphatic heterocycles. The minimum Gasteiger partial charge on any atom is -0.339 e. The number of hydrogen-bond donors (Lipinski definition) is 0. The summed E-state index contributed by atoms with van der Waals surface area (Å²) < 4.78 is 0. The molecule has 0 spiro atoms. The number of aromatic nitrogens is 1. The minimum atomic E-state index is -0.586. The van der Waals surface area contributed by atoms with Gasteiger partial charge in [-0.2, -0.15) is 0 Å². The van der Waals surface area contributed by atoms with Gasteiger partial charge >= 0.3 is 0 Å². The van der Waals surface area contributed by atoms with Crippen molar-refractivity contribution >= 4 is 23.2 Å². The Hall–Kier alpha value is -1.69. The first-order valence-corrected chi connectivity index (χ1v) is 7.41. The SMILES string of the molecule is CCC(CC)CN(CC)C(=O)c1cc([N+](=O)[O-])cnc1Cl. The molecule has 0 aliphatic carbocycles. The molecule has 0 bridgehead atoms. The molecular weight excluding hydrogens is 294 g/mol. The number of nitro groups is 1. The van der Waals surface area contributed by atoms with Gasteiger partial charge in [-0.3, -0.25) is 14.9 Å². The maximum atomic E-state index is 12.5. The molecule has 1 aromatic heterocycles. The Morgan fingerprint density at radius 2 is 2.05 bits per heavy atom. The largest absolute Gasteiger partial charge is 0.339 e. The van der Waals surface area contributed by atoms with E-state index in [9.17, 15) is 14.9 Å². The second kappa shape index (κ2) is 7.93. The summed E-state index contributed by atoms with van der Waals surface area (Å²) in [6.07, 6.45) is 3.00. The fourth-order valence-electron chi connectivity index (χ4n) is 2.07. The summed E-state index contributed by atoms with van der Waals surface area (Å²) in [5.74, 6) is 0.0879. The lowest BCUT2D eigenvalue weighted by Crippen LogP contribution is -2.35. The average Bonchev–Trinajstić information content (AvgIpc) is 2.48. The molecular formula is C14H20ClN3O3. The lowest BCUT2D eigenvalue weighted by atomic mass is 10.0. The lowest BCUT2D eigenvalue weighted by Gasteiger charge is -2.25. The highest BCUT2D eigenvalue weighted by Crippen LogP contribution is 2.21. The van der Waals surface area contributed by atoms with E-state index in [1.54, 1.807) is 4.90 Å². The molecule has 0 fully saturated rings. The van der Waals surface area contributed by atoms with Crippen molar-refractivity contribution in [2.75, 3.05) is 13.1 Å². The first-order chi connectivity index (χ1) is 9.94. The van der Waals surface area contributed by atoms with Crippen LogP contribution < -0.4 is 0 Å². The monoisotopic (exact) mass is 313 g/mol. The number of carbonyl (C=O) groups is 1. The zero-order chi connectivity index (χ0) is 16.0. The molecule has 0 aromatic carbocycles. The zero-order valence-electron chi connectivity index (χ0n) is 12.5. The number of amides is 1. The van der Waals surface area contributed by atoms with Crippen molar-refractivity contribution in [1.82, 2.24) is 9.88 Å². The van der Waals surface area contributed by atoms with Crippen LogP contribution in [0.3, 0.4) is 0 Å². The van der Waals surface area contributed by atoms with Crippen LogP contribution in [0.4, 0.5) is 5.69 Å². The van der Waals surface area contributed by atoms with Crippen LogP contribution in [0.1, 0.15) is 44.0 Å². The van der Waals surface area contributed by atoms with Crippen LogP contribution in [0.2, 0.25) is 5.15 Å². The van der Waals surface area contributed by atoms with Gasteiger partial charge in [0.2, 0.25) is 0 Å². The van der Waals surface area contributed by atoms with E-state index in [0.29, 0.717) is 19.0 Å². The molecule has 0 N–H and O–H groups in total. The van der Waals surface area contributed by atoms with Crippen molar-refractivity contribution in [2.24, 2.45) is 5.92 Å². The number of nitrogens with zero attached hydrogens (tertiary/aromatic N) is 3. The zero-order valence-corrected chi connectivity index (χ0v) is 13.3. The highest BCUT2D eigenvalue weighted by Gasteiger charge is 2.22. The van der Waals surface area contributed by atoms with E-state index in [-0.39, 0.29) is 22.3 Å². The van der Waals surface area contributed by atoms with E-state index in [0.717, 1.165) is 19.0 Å². The van der Waals surface area contributed by atoms with Crippen molar-refractivity contribution in [2.45, 2.75) is 33.6 Å². The maximum absolute atomic E-state index is 12.5. The predicted molar refractivity (Wildman–Crippen MR) is 81.6 cm³/mol. The Morgan fingerprint density at radius 3 is 2.52 bits per heavy atom. The van der Waals surface area contributed by atoms with Crippen molar-refractivity contribution in [3.63, 3.8) is 0 Å².